The first kappa shape index (κ1) is 25.3. The third kappa shape index (κ3) is 5.42. The van der Waals surface area contributed by atoms with Crippen molar-refractivity contribution in [2.75, 3.05) is 33.5 Å². The zero-order chi connectivity index (χ0) is 24.7. The minimum Gasteiger partial charge on any atom is -0.507 e. The first-order valence-electron chi connectivity index (χ1n) is 11.7. The largest absolute Gasteiger partial charge is 0.507 e. The number of amides is 1. The molecule has 182 valence electrons. The maximum Gasteiger partial charge on any atom is 0.295 e. The van der Waals surface area contributed by atoms with Crippen LogP contribution in [0.15, 0.2) is 48.0 Å². The van der Waals surface area contributed by atoms with Crippen LogP contribution >= 0.6 is 0 Å². The number of nitrogens with zero attached hydrogens (tertiary/aromatic N) is 1. The molecule has 7 heteroatoms. The number of hydrogen-bond acceptors (Lipinski definition) is 6. The highest BCUT2D eigenvalue weighted by atomic mass is 16.5. The van der Waals surface area contributed by atoms with Gasteiger partial charge in [0.1, 0.15) is 17.3 Å². The molecule has 3 rings (SSSR count). The zero-order valence-electron chi connectivity index (χ0n) is 20.3. The molecule has 1 N–H and O–H groups in total. The second kappa shape index (κ2) is 11.7. The van der Waals surface area contributed by atoms with Crippen LogP contribution in [-0.4, -0.2) is 55.2 Å². The van der Waals surface area contributed by atoms with Crippen molar-refractivity contribution >= 4 is 17.4 Å². The molecule has 34 heavy (non-hydrogen) atoms. The number of Topliss-reactive ketones (excluding diaryl/α,β-unsaturated/α-hetero) is 1. The molecule has 1 saturated heterocycles. The molecular weight excluding hydrogens is 434 g/mol. The van der Waals surface area contributed by atoms with Crippen molar-refractivity contribution in [3.8, 4) is 11.5 Å². The number of aliphatic hydroxyl groups is 1. The zero-order valence-corrected chi connectivity index (χ0v) is 20.3. The lowest BCUT2D eigenvalue weighted by atomic mass is 9.94. The molecule has 0 bridgehead atoms. The SMILES string of the molecule is CCCOc1ccc(/C(O)=C2\C(=O)C(=O)N(CCCOC)C2c2cccc(OCC)c2)cc1C. The van der Waals surface area contributed by atoms with Gasteiger partial charge >= 0.3 is 0 Å². The summed E-state index contributed by atoms with van der Waals surface area (Å²) in [6.07, 6.45) is 1.45. The van der Waals surface area contributed by atoms with Crippen LogP contribution in [0.25, 0.3) is 5.76 Å². The van der Waals surface area contributed by atoms with Gasteiger partial charge in [-0.3, -0.25) is 9.59 Å². The second-order valence-corrected chi connectivity index (χ2v) is 8.17. The first-order chi connectivity index (χ1) is 16.4. The van der Waals surface area contributed by atoms with E-state index in [0.29, 0.717) is 49.7 Å². The molecule has 1 fully saturated rings. The topological polar surface area (TPSA) is 85.3 Å². The molecule has 2 aromatic rings. The number of ketones is 1. The van der Waals surface area contributed by atoms with Crippen LogP contribution in [0.4, 0.5) is 0 Å². The monoisotopic (exact) mass is 467 g/mol. The van der Waals surface area contributed by atoms with E-state index in [2.05, 4.69) is 0 Å². The van der Waals surface area contributed by atoms with E-state index < -0.39 is 17.7 Å². The van der Waals surface area contributed by atoms with Gasteiger partial charge in [0, 0.05) is 25.8 Å². The van der Waals surface area contributed by atoms with Crippen LogP contribution in [0.5, 0.6) is 11.5 Å². The number of carbonyl (C=O) groups excluding carboxylic acids is 2. The Morgan fingerprint density at radius 3 is 2.53 bits per heavy atom. The number of hydrogen-bond donors (Lipinski definition) is 1. The number of rotatable bonds is 11. The van der Waals surface area contributed by atoms with Crippen LogP contribution in [0.3, 0.4) is 0 Å². The van der Waals surface area contributed by atoms with Crippen molar-refractivity contribution in [2.45, 2.75) is 39.7 Å². The van der Waals surface area contributed by atoms with E-state index in [1.165, 1.54) is 4.90 Å². The fraction of sp³-hybridized carbons (Fsp3) is 0.407. The molecule has 0 radical (unpaired) electrons. The molecule has 1 aliphatic heterocycles. The van der Waals surface area contributed by atoms with E-state index in [9.17, 15) is 14.7 Å². The van der Waals surface area contributed by atoms with Gasteiger partial charge in [-0.1, -0.05) is 19.1 Å². The summed E-state index contributed by atoms with van der Waals surface area (Å²) in [6, 6.07) is 11.8. The summed E-state index contributed by atoms with van der Waals surface area (Å²) in [7, 11) is 1.59. The van der Waals surface area contributed by atoms with Crippen molar-refractivity contribution in [3.05, 3.63) is 64.7 Å². The van der Waals surface area contributed by atoms with Crippen LogP contribution in [0.1, 0.15) is 49.4 Å². The van der Waals surface area contributed by atoms with E-state index in [-0.39, 0.29) is 11.3 Å². The minimum absolute atomic E-state index is 0.0673. The summed E-state index contributed by atoms with van der Waals surface area (Å²) in [5, 5.41) is 11.3. The minimum atomic E-state index is -0.728. The fourth-order valence-electron chi connectivity index (χ4n) is 4.10. The van der Waals surface area contributed by atoms with Crippen LogP contribution in [0.2, 0.25) is 0 Å². The highest BCUT2D eigenvalue weighted by Gasteiger charge is 2.45. The molecule has 1 atom stereocenters. The van der Waals surface area contributed by atoms with Crippen LogP contribution in [0, 0.1) is 6.92 Å². The summed E-state index contributed by atoms with van der Waals surface area (Å²) in [4.78, 5) is 27.7. The normalized spacial score (nSPS) is 17.3. The van der Waals surface area contributed by atoms with E-state index in [4.69, 9.17) is 14.2 Å². The summed E-state index contributed by atoms with van der Waals surface area (Å²) in [5.74, 6) is -0.186. The predicted octanol–water partition coefficient (Wildman–Crippen LogP) is 4.64. The highest BCUT2D eigenvalue weighted by Crippen LogP contribution is 2.40. The van der Waals surface area contributed by atoms with E-state index in [1.54, 1.807) is 25.3 Å². The molecule has 7 nitrogen and oxygen atoms in total. The molecule has 0 aromatic heterocycles. The van der Waals surface area contributed by atoms with E-state index >= 15 is 0 Å². The average molecular weight is 468 g/mol. The Morgan fingerprint density at radius 1 is 1.06 bits per heavy atom. The maximum absolute atomic E-state index is 13.2. The van der Waals surface area contributed by atoms with Crippen LogP contribution < -0.4 is 9.47 Å². The van der Waals surface area contributed by atoms with Crippen molar-refractivity contribution in [1.82, 2.24) is 4.90 Å². The molecule has 0 aliphatic carbocycles. The molecule has 1 amide bonds. The lowest BCUT2D eigenvalue weighted by molar-refractivity contribution is -0.140. The molecule has 1 aliphatic rings. The van der Waals surface area contributed by atoms with Crippen molar-refractivity contribution < 1.29 is 28.9 Å². The Balaban J connectivity index is 2.09. The molecule has 0 spiro atoms. The number of likely N-dealkylation sites (tertiary alicyclic amines) is 1. The second-order valence-electron chi connectivity index (χ2n) is 8.17. The fourth-order valence-corrected chi connectivity index (χ4v) is 4.10. The number of ether oxygens (including phenoxy) is 3. The predicted molar refractivity (Wildman–Crippen MR) is 130 cm³/mol. The third-order valence-electron chi connectivity index (χ3n) is 5.68. The molecule has 2 aromatic carbocycles. The summed E-state index contributed by atoms with van der Waals surface area (Å²) in [6.45, 7) is 7.66. The Labute approximate surface area is 200 Å². The van der Waals surface area contributed by atoms with E-state index in [0.717, 1.165) is 17.7 Å². The smallest absolute Gasteiger partial charge is 0.295 e. The standard InChI is InChI=1S/C27H33NO6/c1-5-14-34-22-12-11-20(16-18(22)3)25(29)23-24(19-9-7-10-21(17-19)33-6-2)28(13-8-15-32-4)27(31)26(23)30/h7,9-12,16-17,24,29H,5-6,8,13-15H2,1-4H3/b25-23+. The summed E-state index contributed by atoms with van der Waals surface area (Å²) >= 11 is 0. The number of methoxy groups -OCH3 is 1. The lowest BCUT2D eigenvalue weighted by Gasteiger charge is -2.25. The Morgan fingerprint density at radius 2 is 1.85 bits per heavy atom. The number of carbonyl (C=O) groups is 2. The van der Waals surface area contributed by atoms with Gasteiger partial charge in [0.15, 0.2) is 0 Å². The first-order valence-corrected chi connectivity index (χ1v) is 11.7. The van der Waals surface area contributed by atoms with Gasteiger partial charge in [-0.05, 0) is 68.1 Å². The third-order valence-corrected chi connectivity index (χ3v) is 5.68. The number of aliphatic hydroxyl groups excluding tert-OH is 1. The Hall–Kier alpha value is -3.32. The molecule has 1 unspecified atom stereocenters. The van der Waals surface area contributed by atoms with Gasteiger partial charge in [-0.2, -0.15) is 0 Å². The Bertz CT molecular complexity index is 1060. The van der Waals surface area contributed by atoms with Gasteiger partial charge < -0.3 is 24.2 Å². The summed E-state index contributed by atoms with van der Waals surface area (Å²) in [5.41, 5.74) is 2.06. The molecule has 1 heterocycles. The van der Waals surface area contributed by atoms with Gasteiger partial charge in [0.05, 0.1) is 24.8 Å². The average Bonchev–Trinajstić information content (AvgIpc) is 3.08. The quantitative estimate of drug-likeness (QED) is 0.224. The summed E-state index contributed by atoms with van der Waals surface area (Å²) < 4.78 is 16.5. The van der Waals surface area contributed by atoms with Crippen LogP contribution in [-0.2, 0) is 14.3 Å². The lowest BCUT2D eigenvalue weighted by Crippen LogP contribution is -2.31. The van der Waals surface area contributed by atoms with Gasteiger partial charge in [-0.25, -0.2) is 0 Å². The highest BCUT2D eigenvalue weighted by molar-refractivity contribution is 6.46. The Kier molecular flexibility index (Phi) is 8.71. The van der Waals surface area contributed by atoms with Crippen molar-refractivity contribution in [2.24, 2.45) is 0 Å². The van der Waals surface area contributed by atoms with Crippen molar-refractivity contribution in [3.63, 3.8) is 0 Å². The van der Waals surface area contributed by atoms with E-state index in [1.807, 2.05) is 45.0 Å². The van der Waals surface area contributed by atoms with Crippen molar-refractivity contribution in [1.29, 1.82) is 0 Å². The van der Waals surface area contributed by atoms with Gasteiger partial charge in [-0.15, -0.1) is 0 Å². The number of benzene rings is 2. The molecular formula is C27H33NO6. The van der Waals surface area contributed by atoms with Gasteiger partial charge in [0.25, 0.3) is 11.7 Å². The van der Waals surface area contributed by atoms with Gasteiger partial charge in [0.2, 0.25) is 0 Å². The maximum atomic E-state index is 13.2. The number of aryl methyl sites for hydroxylation is 1. The molecule has 0 saturated carbocycles.